The summed E-state index contributed by atoms with van der Waals surface area (Å²) < 4.78 is 65.9. The molecule has 3 fully saturated rings. The van der Waals surface area contributed by atoms with Gasteiger partial charge in [-0.3, -0.25) is 9.69 Å². The maximum absolute atomic E-state index is 13.6. The van der Waals surface area contributed by atoms with E-state index in [-0.39, 0.29) is 16.7 Å². The molecule has 1 amide bonds. The van der Waals surface area contributed by atoms with Crippen molar-refractivity contribution in [2.75, 3.05) is 47.1 Å². The monoisotopic (exact) mass is 1010 g/mol. The summed E-state index contributed by atoms with van der Waals surface area (Å²) in [6.45, 7) is 10.6. The Labute approximate surface area is 441 Å². The summed E-state index contributed by atoms with van der Waals surface area (Å²) in [5.74, 6) is 83.6. The van der Waals surface area contributed by atoms with Crippen molar-refractivity contribution < 1.29 is 26.4 Å². The van der Waals surface area contributed by atoms with Crippen LogP contribution < -0.4 is 14.7 Å². The molecule has 1 spiro atoms. The molecule has 9 nitrogen and oxygen atoms in total. The number of halogens is 3. The fourth-order valence-corrected chi connectivity index (χ4v) is 7.64. The van der Waals surface area contributed by atoms with E-state index in [2.05, 4.69) is 211 Å². The number of piperazine rings is 1. The van der Waals surface area contributed by atoms with Gasteiger partial charge < -0.3 is 9.80 Å². The van der Waals surface area contributed by atoms with Crippen LogP contribution in [-0.2, 0) is 21.0 Å². The van der Waals surface area contributed by atoms with Crippen molar-refractivity contribution in [2.24, 2.45) is 0 Å². The number of nitriles is 1. The fraction of sp³-hybridized carbons (Fsp3) is 0.180. The molecule has 2 heterocycles. The first-order valence-corrected chi connectivity index (χ1v) is 23.4. The smallest absolute Gasteiger partial charge is 0.369 e. The second-order valence-corrected chi connectivity index (χ2v) is 16.5. The number of sulfonamides is 1. The minimum atomic E-state index is -4.75. The standard InChI is InChI=1S/C36H3N.C25H24F3N5O3S2/c1-2-3-4-5-6-7-8-9-10-11-12-13-14-15-16-17-18-19-20-21-22-23-24-25-26-27-28-29-30-31-32-33-34-35-36-37;1-29-21-9-8-19(16-20(21)25(26,27)28)32-22(34)24(10-3-11-24)33(23(32)37)18-6-4-17(5-7-18)30-12-14-31(15-13-30)38(2,35)36/h1H3;4-9,16H,3,10-15H2,2H3. The molecule has 2 aromatic rings. The van der Waals surface area contributed by atoms with Gasteiger partial charge in [0.15, 0.2) is 16.9 Å². The Morgan fingerprint density at radius 1 is 0.587 bits per heavy atom. The number of amides is 1. The zero-order valence-electron chi connectivity index (χ0n) is 39.3. The molecule has 3 aliphatic rings. The van der Waals surface area contributed by atoms with Crippen LogP contribution in [0.4, 0.5) is 35.9 Å². The maximum atomic E-state index is 13.6. The predicted molar refractivity (Wildman–Crippen MR) is 285 cm³/mol. The van der Waals surface area contributed by atoms with Crippen molar-refractivity contribution in [3.8, 4) is 207 Å². The fourth-order valence-electron chi connectivity index (χ4n) is 6.35. The first-order chi connectivity index (χ1) is 36.3. The Balaban J connectivity index is 0.000000325. The number of nitrogens with zero attached hydrogens (tertiary/aromatic N) is 6. The average molecular weight is 1010 g/mol. The van der Waals surface area contributed by atoms with E-state index in [0.29, 0.717) is 44.7 Å². The lowest BCUT2D eigenvalue weighted by molar-refractivity contribution is -0.137. The summed E-state index contributed by atoms with van der Waals surface area (Å²) in [7, 11) is -3.24. The molecule has 5 rings (SSSR count). The van der Waals surface area contributed by atoms with E-state index in [9.17, 15) is 26.4 Å². The van der Waals surface area contributed by atoms with Gasteiger partial charge in [-0.05, 0) is 122 Å². The van der Waals surface area contributed by atoms with Crippen molar-refractivity contribution in [3.05, 3.63) is 59.4 Å². The molecule has 1 aliphatic carbocycles. The lowest BCUT2D eigenvalue weighted by Crippen LogP contribution is -2.55. The van der Waals surface area contributed by atoms with Gasteiger partial charge in [0.1, 0.15) is 5.54 Å². The molecule has 352 valence electrons. The predicted octanol–water partition coefficient (Wildman–Crippen LogP) is 4.99. The summed E-state index contributed by atoms with van der Waals surface area (Å²) in [5, 5.41) is 8.25. The van der Waals surface area contributed by atoms with E-state index in [4.69, 9.17) is 24.1 Å². The summed E-state index contributed by atoms with van der Waals surface area (Å²) in [6, 6.07) is 12.2. The van der Waals surface area contributed by atoms with E-state index in [1.807, 2.05) is 24.3 Å². The molecule has 2 aliphatic heterocycles. The van der Waals surface area contributed by atoms with E-state index in [1.165, 1.54) is 16.6 Å². The number of hydrogen-bond donors (Lipinski definition) is 0. The van der Waals surface area contributed by atoms with Crippen molar-refractivity contribution in [1.29, 1.82) is 5.26 Å². The Bertz CT molecular complexity index is 4060. The Hall–Kier alpha value is -11.2. The van der Waals surface area contributed by atoms with Gasteiger partial charge in [-0.15, -0.1) is 0 Å². The van der Waals surface area contributed by atoms with Crippen molar-refractivity contribution in [1.82, 2.24) is 4.31 Å². The molecule has 0 atom stereocenters. The third-order valence-electron chi connectivity index (χ3n) is 9.62. The van der Waals surface area contributed by atoms with Crippen LogP contribution in [0.25, 0.3) is 4.85 Å². The third-order valence-corrected chi connectivity index (χ3v) is 11.3. The molecule has 2 aromatic carbocycles. The molecule has 75 heavy (non-hydrogen) atoms. The summed E-state index contributed by atoms with van der Waals surface area (Å²) in [4.78, 5) is 21.6. The van der Waals surface area contributed by atoms with Gasteiger partial charge in [0.25, 0.3) is 5.91 Å². The average Bonchev–Trinajstić information content (AvgIpc) is 3.66. The molecule has 14 heteroatoms. The van der Waals surface area contributed by atoms with Gasteiger partial charge in [0, 0.05) is 191 Å². The second kappa shape index (κ2) is 29.7. The third kappa shape index (κ3) is 17.9. The van der Waals surface area contributed by atoms with Gasteiger partial charge in [-0.2, -0.15) is 22.7 Å². The molecule has 0 unspecified atom stereocenters. The van der Waals surface area contributed by atoms with Crippen molar-refractivity contribution in [3.63, 3.8) is 0 Å². The number of anilines is 3. The number of carbonyl (C=O) groups excluding carboxylic acids is 1. The van der Waals surface area contributed by atoms with Crippen LogP contribution in [0, 0.1) is 219 Å². The highest BCUT2D eigenvalue weighted by Gasteiger charge is 2.59. The van der Waals surface area contributed by atoms with Crippen LogP contribution >= 0.6 is 12.2 Å². The highest BCUT2D eigenvalue weighted by atomic mass is 32.2. The number of alkyl halides is 3. The molecule has 1 saturated carbocycles. The SMILES string of the molecule is CC#CC#CC#CC#CC#CC#CC#CC#CC#CC#CC#CC#CC#CC#CC#CC#CC#CC#N.[C-]#[N+]c1ccc(N2C(=O)C3(CCC3)N(c3ccc(N4CCN(S(C)(=O)=O)CC4)cc3)C2=S)cc1C(F)(F)F. The van der Waals surface area contributed by atoms with Crippen LogP contribution in [0.3, 0.4) is 0 Å². The van der Waals surface area contributed by atoms with Gasteiger partial charge in [-0.25, -0.2) is 13.3 Å². The van der Waals surface area contributed by atoms with E-state index in [0.717, 1.165) is 29.1 Å². The van der Waals surface area contributed by atoms with Gasteiger partial charge >= 0.3 is 6.18 Å². The second-order valence-electron chi connectivity index (χ2n) is 14.1. The molecule has 0 bridgehead atoms. The van der Waals surface area contributed by atoms with Crippen LogP contribution in [0.15, 0.2) is 42.5 Å². The molecule has 2 saturated heterocycles. The largest absolute Gasteiger partial charge is 0.407 e. The van der Waals surface area contributed by atoms with Gasteiger partial charge in [0.05, 0.1) is 18.4 Å². The highest BCUT2D eigenvalue weighted by Crippen LogP contribution is 2.49. The zero-order chi connectivity index (χ0) is 54.2. The summed E-state index contributed by atoms with van der Waals surface area (Å²) >= 11 is 5.67. The molecule has 0 N–H and O–H groups in total. The lowest BCUT2D eigenvalue weighted by Gasteiger charge is -2.43. The van der Waals surface area contributed by atoms with Gasteiger partial charge in [0.2, 0.25) is 10.0 Å². The van der Waals surface area contributed by atoms with Gasteiger partial charge in [-0.1, -0.05) is 12.0 Å². The Kier molecular flexibility index (Phi) is 22.4. The first-order valence-electron chi connectivity index (χ1n) is 21.2. The molecule has 0 radical (unpaired) electrons. The highest BCUT2D eigenvalue weighted by molar-refractivity contribution is 7.88. The number of thiocarbonyl (C=S) groups is 1. The molecular weight excluding hydrogens is 986 g/mol. The van der Waals surface area contributed by atoms with Crippen molar-refractivity contribution >= 4 is 56.0 Å². The van der Waals surface area contributed by atoms with E-state index in [1.54, 1.807) is 17.9 Å². The van der Waals surface area contributed by atoms with E-state index >= 15 is 0 Å². The number of rotatable bonds is 4. The quantitative estimate of drug-likeness (QED) is 0.243. The Morgan fingerprint density at radius 3 is 1.27 bits per heavy atom. The first kappa shape index (κ1) is 56.4. The van der Waals surface area contributed by atoms with Crippen LogP contribution in [0.5, 0.6) is 0 Å². The van der Waals surface area contributed by atoms with Crippen LogP contribution in [0.2, 0.25) is 0 Å². The minimum absolute atomic E-state index is 0.0196. The lowest BCUT2D eigenvalue weighted by atomic mass is 9.75. The maximum Gasteiger partial charge on any atom is 0.407 e. The minimum Gasteiger partial charge on any atom is -0.369 e. The molecular formula is C61H27F3N6O3S2. The number of hydrogen-bond acceptors (Lipinski definition) is 6. The number of carbonyl (C=O) groups is 1. The van der Waals surface area contributed by atoms with Crippen LogP contribution in [-0.4, -0.2) is 61.7 Å². The van der Waals surface area contributed by atoms with E-state index < -0.39 is 33.0 Å². The van der Waals surface area contributed by atoms with Crippen molar-refractivity contribution in [2.45, 2.75) is 37.9 Å². The number of benzene rings is 2. The summed E-state index contributed by atoms with van der Waals surface area (Å²) in [5.41, 5.74) is -1.09. The topological polar surface area (TPSA) is 92.3 Å². The van der Waals surface area contributed by atoms with Crippen LogP contribution in [0.1, 0.15) is 31.7 Å². The molecule has 0 aromatic heterocycles. The summed E-state index contributed by atoms with van der Waals surface area (Å²) in [6.07, 6.45) is -1.74. The zero-order valence-corrected chi connectivity index (χ0v) is 41.0. The Morgan fingerprint density at radius 2 is 0.947 bits per heavy atom. The normalized spacial score (nSPS) is 12.1.